The van der Waals surface area contributed by atoms with Crippen molar-refractivity contribution in [3.05, 3.63) is 64.7 Å². The third-order valence-electron chi connectivity index (χ3n) is 4.52. The standard InChI is InChI=1S/C20H23FN4OS/c1-13-11-16(14(2)25(13)18-8-9-18)5-10-19(26)23-24-20(27)22-12-15-3-6-17(21)7-4-15/h3-7,10-11,18H,8-9,12H2,1-2H3,(H,23,26)(H2,22,24,27)/b10-5+. The first kappa shape index (κ1) is 19.1. The number of aryl methyl sites for hydroxylation is 1. The zero-order valence-electron chi connectivity index (χ0n) is 15.4. The summed E-state index contributed by atoms with van der Waals surface area (Å²) < 4.78 is 15.2. The molecule has 1 amide bonds. The molecule has 0 spiro atoms. The number of benzene rings is 1. The topological polar surface area (TPSA) is 58.1 Å². The molecule has 142 valence electrons. The summed E-state index contributed by atoms with van der Waals surface area (Å²) in [5, 5.41) is 3.23. The number of nitrogens with zero attached hydrogens (tertiary/aromatic N) is 1. The third kappa shape index (κ3) is 5.17. The molecule has 5 nitrogen and oxygen atoms in total. The van der Waals surface area contributed by atoms with Crippen LogP contribution in [0.15, 0.2) is 36.4 Å². The Morgan fingerprint density at radius 1 is 1.26 bits per heavy atom. The third-order valence-corrected chi connectivity index (χ3v) is 4.76. The lowest BCUT2D eigenvalue weighted by Gasteiger charge is -2.10. The fourth-order valence-corrected chi connectivity index (χ4v) is 3.14. The van der Waals surface area contributed by atoms with Crippen LogP contribution in [-0.4, -0.2) is 15.6 Å². The maximum Gasteiger partial charge on any atom is 0.262 e. The van der Waals surface area contributed by atoms with Gasteiger partial charge in [-0.15, -0.1) is 0 Å². The van der Waals surface area contributed by atoms with Gasteiger partial charge in [0, 0.05) is 30.1 Å². The van der Waals surface area contributed by atoms with Crippen molar-refractivity contribution in [2.75, 3.05) is 0 Å². The Bertz CT molecular complexity index is 869. The van der Waals surface area contributed by atoms with Crippen LogP contribution in [-0.2, 0) is 11.3 Å². The van der Waals surface area contributed by atoms with Crippen LogP contribution in [0.4, 0.5) is 4.39 Å². The lowest BCUT2D eigenvalue weighted by atomic mass is 10.2. The lowest BCUT2D eigenvalue weighted by molar-refractivity contribution is -0.116. The van der Waals surface area contributed by atoms with Crippen LogP contribution in [0.2, 0.25) is 0 Å². The molecule has 27 heavy (non-hydrogen) atoms. The number of rotatable bonds is 5. The van der Waals surface area contributed by atoms with Gasteiger partial charge in [-0.3, -0.25) is 15.6 Å². The summed E-state index contributed by atoms with van der Waals surface area (Å²) in [5.74, 6) is -0.575. The Kier molecular flexibility index (Phi) is 5.91. The molecule has 1 aliphatic rings. The molecule has 1 saturated carbocycles. The molecule has 0 aliphatic heterocycles. The molecule has 0 radical (unpaired) electrons. The monoisotopic (exact) mass is 386 g/mol. The Balaban J connectivity index is 1.45. The van der Waals surface area contributed by atoms with Crippen LogP contribution >= 0.6 is 12.2 Å². The molecule has 1 heterocycles. The van der Waals surface area contributed by atoms with E-state index in [0.29, 0.717) is 12.6 Å². The number of carbonyl (C=O) groups excluding carboxylic acids is 1. The van der Waals surface area contributed by atoms with Gasteiger partial charge < -0.3 is 9.88 Å². The van der Waals surface area contributed by atoms with Crippen molar-refractivity contribution in [3.8, 4) is 0 Å². The molecule has 0 saturated heterocycles. The van der Waals surface area contributed by atoms with E-state index in [4.69, 9.17) is 12.2 Å². The largest absolute Gasteiger partial charge is 0.357 e. The minimum atomic E-state index is -0.294. The summed E-state index contributed by atoms with van der Waals surface area (Å²) in [7, 11) is 0. The quantitative estimate of drug-likeness (QED) is 0.419. The number of aromatic nitrogens is 1. The highest BCUT2D eigenvalue weighted by molar-refractivity contribution is 7.80. The Morgan fingerprint density at radius 2 is 1.96 bits per heavy atom. The Labute approximate surface area is 163 Å². The highest BCUT2D eigenvalue weighted by Crippen LogP contribution is 2.38. The van der Waals surface area contributed by atoms with Gasteiger partial charge >= 0.3 is 0 Å². The van der Waals surface area contributed by atoms with Gasteiger partial charge in [0.25, 0.3) is 5.91 Å². The van der Waals surface area contributed by atoms with Gasteiger partial charge in [-0.25, -0.2) is 4.39 Å². The van der Waals surface area contributed by atoms with Crippen molar-refractivity contribution < 1.29 is 9.18 Å². The number of carbonyl (C=O) groups is 1. The first-order valence-corrected chi connectivity index (χ1v) is 9.29. The molecule has 1 aromatic carbocycles. The van der Waals surface area contributed by atoms with Gasteiger partial charge in [-0.05, 0) is 74.3 Å². The molecule has 1 fully saturated rings. The Morgan fingerprint density at radius 3 is 2.63 bits per heavy atom. The molecular weight excluding hydrogens is 363 g/mol. The van der Waals surface area contributed by atoms with Crippen LogP contribution in [0.5, 0.6) is 0 Å². The number of amides is 1. The predicted octanol–water partition coefficient (Wildman–Crippen LogP) is 3.29. The van der Waals surface area contributed by atoms with Gasteiger partial charge in [-0.1, -0.05) is 12.1 Å². The van der Waals surface area contributed by atoms with Crippen LogP contribution in [0, 0.1) is 19.7 Å². The minimum Gasteiger partial charge on any atom is -0.357 e. The van der Waals surface area contributed by atoms with Crippen LogP contribution < -0.4 is 16.2 Å². The first-order chi connectivity index (χ1) is 12.9. The van der Waals surface area contributed by atoms with E-state index in [1.807, 2.05) is 6.08 Å². The second-order valence-electron chi connectivity index (χ2n) is 6.68. The van der Waals surface area contributed by atoms with Crippen LogP contribution in [0.3, 0.4) is 0 Å². The van der Waals surface area contributed by atoms with Gasteiger partial charge in [0.1, 0.15) is 5.82 Å². The maximum atomic E-state index is 12.9. The van der Waals surface area contributed by atoms with E-state index >= 15 is 0 Å². The van der Waals surface area contributed by atoms with E-state index in [1.54, 1.807) is 12.1 Å². The van der Waals surface area contributed by atoms with Crippen LogP contribution in [0.1, 0.15) is 41.4 Å². The average molecular weight is 386 g/mol. The molecule has 1 aliphatic carbocycles. The average Bonchev–Trinajstić information content (AvgIpc) is 3.43. The van der Waals surface area contributed by atoms with Crippen molar-refractivity contribution in [1.82, 2.24) is 20.7 Å². The Hall–Kier alpha value is -2.67. The molecule has 0 bridgehead atoms. The van der Waals surface area contributed by atoms with E-state index in [-0.39, 0.29) is 16.8 Å². The van der Waals surface area contributed by atoms with Crippen molar-refractivity contribution in [1.29, 1.82) is 0 Å². The summed E-state index contributed by atoms with van der Waals surface area (Å²) in [4.78, 5) is 12.0. The molecule has 7 heteroatoms. The summed E-state index contributed by atoms with van der Waals surface area (Å²) >= 11 is 5.11. The highest BCUT2D eigenvalue weighted by Gasteiger charge is 2.26. The number of hydrogen-bond donors (Lipinski definition) is 3. The second-order valence-corrected chi connectivity index (χ2v) is 7.09. The van der Waals surface area contributed by atoms with E-state index in [9.17, 15) is 9.18 Å². The number of hydrogen-bond acceptors (Lipinski definition) is 2. The van der Waals surface area contributed by atoms with Gasteiger partial charge in [-0.2, -0.15) is 0 Å². The SMILES string of the molecule is Cc1cc(/C=C/C(=O)NNC(=S)NCc2ccc(F)cc2)c(C)n1C1CC1. The van der Waals surface area contributed by atoms with E-state index in [1.165, 1.54) is 42.4 Å². The first-order valence-electron chi connectivity index (χ1n) is 8.89. The van der Waals surface area contributed by atoms with E-state index < -0.39 is 0 Å². The zero-order valence-corrected chi connectivity index (χ0v) is 16.2. The summed E-state index contributed by atoms with van der Waals surface area (Å²) in [6.45, 7) is 4.61. The molecular formula is C20H23FN4OS. The van der Waals surface area contributed by atoms with Crippen molar-refractivity contribution in [3.63, 3.8) is 0 Å². The summed E-state index contributed by atoms with van der Waals surface area (Å²) in [6.07, 6.45) is 5.75. The summed E-state index contributed by atoms with van der Waals surface area (Å²) in [6, 6.07) is 8.84. The van der Waals surface area contributed by atoms with E-state index in [0.717, 1.165) is 11.1 Å². The maximum absolute atomic E-state index is 12.9. The van der Waals surface area contributed by atoms with Crippen molar-refractivity contribution in [2.45, 2.75) is 39.3 Å². The molecule has 1 aromatic heterocycles. The second kappa shape index (κ2) is 8.35. The smallest absolute Gasteiger partial charge is 0.262 e. The number of halogens is 1. The fourth-order valence-electron chi connectivity index (χ4n) is 3.02. The van der Waals surface area contributed by atoms with Crippen molar-refractivity contribution in [2.24, 2.45) is 0 Å². The van der Waals surface area contributed by atoms with E-state index in [2.05, 4.69) is 40.6 Å². The van der Waals surface area contributed by atoms with Gasteiger partial charge in [0.05, 0.1) is 0 Å². The molecule has 3 N–H and O–H groups in total. The zero-order chi connectivity index (χ0) is 19.4. The van der Waals surface area contributed by atoms with Gasteiger partial charge in [0.15, 0.2) is 5.11 Å². The number of nitrogens with one attached hydrogen (secondary N) is 3. The fraction of sp³-hybridized carbons (Fsp3) is 0.300. The molecule has 2 aromatic rings. The van der Waals surface area contributed by atoms with Crippen molar-refractivity contribution >= 4 is 29.3 Å². The predicted molar refractivity (Wildman–Crippen MR) is 108 cm³/mol. The molecule has 0 unspecified atom stereocenters. The molecule has 0 atom stereocenters. The van der Waals surface area contributed by atoms with Gasteiger partial charge in [0.2, 0.25) is 0 Å². The highest BCUT2D eigenvalue weighted by atomic mass is 32.1. The van der Waals surface area contributed by atoms with Crippen LogP contribution in [0.25, 0.3) is 6.08 Å². The number of hydrazine groups is 1. The number of thiocarbonyl (C=S) groups is 1. The minimum absolute atomic E-state index is 0.281. The summed E-state index contributed by atoms with van der Waals surface area (Å²) in [5.41, 5.74) is 9.52. The normalized spacial score (nSPS) is 13.6. The lowest BCUT2D eigenvalue weighted by Crippen LogP contribution is -2.45. The molecule has 3 rings (SSSR count).